The topological polar surface area (TPSA) is 67.6 Å². The standard InChI is InChI=1S/C12H14Cl2N4/c13-9-4-3-8(10(14)7-9)6-12-16-11(17-18-12)2-1-5-15/h3-4,7H,1-2,5-6,15H2,(H,16,17,18). The van der Waals surface area contributed by atoms with Crippen LogP contribution in [0.25, 0.3) is 0 Å². The molecule has 96 valence electrons. The Bertz CT molecular complexity index is 525. The second-order valence-corrected chi connectivity index (χ2v) is 4.85. The van der Waals surface area contributed by atoms with Crippen molar-refractivity contribution >= 4 is 23.2 Å². The van der Waals surface area contributed by atoms with Gasteiger partial charge in [0.05, 0.1) is 0 Å². The van der Waals surface area contributed by atoms with Crippen molar-refractivity contribution in [3.05, 3.63) is 45.5 Å². The summed E-state index contributed by atoms with van der Waals surface area (Å²) in [6.45, 7) is 0.646. The van der Waals surface area contributed by atoms with E-state index in [0.717, 1.165) is 30.1 Å². The molecule has 1 heterocycles. The van der Waals surface area contributed by atoms with Gasteiger partial charge in [-0.1, -0.05) is 29.3 Å². The van der Waals surface area contributed by atoms with Crippen LogP contribution in [-0.4, -0.2) is 21.7 Å². The van der Waals surface area contributed by atoms with Crippen LogP contribution < -0.4 is 5.73 Å². The van der Waals surface area contributed by atoms with E-state index < -0.39 is 0 Å². The fourth-order valence-corrected chi connectivity index (χ4v) is 2.11. The van der Waals surface area contributed by atoms with Crippen molar-refractivity contribution in [2.24, 2.45) is 5.73 Å². The average Bonchev–Trinajstić information content (AvgIpc) is 2.78. The number of hydrogen-bond acceptors (Lipinski definition) is 3. The molecule has 0 bridgehead atoms. The van der Waals surface area contributed by atoms with E-state index in [-0.39, 0.29) is 0 Å². The second kappa shape index (κ2) is 6.18. The Kier molecular flexibility index (Phi) is 4.58. The van der Waals surface area contributed by atoms with Gasteiger partial charge in [-0.05, 0) is 30.7 Å². The van der Waals surface area contributed by atoms with Crippen LogP contribution in [0, 0.1) is 0 Å². The molecule has 1 aromatic heterocycles. The van der Waals surface area contributed by atoms with Crippen molar-refractivity contribution in [3.8, 4) is 0 Å². The monoisotopic (exact) mass is 284 g/mol. The molecular formula is C12H14Cl2N4. The second-order valence-electron chi connectivity index (χ2n) is 4.00. The van der Waals surface area contributed by atoms with Crippen molar-refractivity contribution in [1.82, 2.24) is 15.2 Å². The van der Waals surface area contributed by atoms with Gasteiger partial charge < -0.3 is 5.73 Å². The molecule has 0 radical (unpaired) electrons. The number of aryl methyl sites for hydroxylation is 1. The number of benzene rings is 1. The minimum absolute atomic E-state index is 0.617. The summed E-state index contributed by atoms with van der Waals surface area (Å²) in [5.41, 5.74) is 6.42. The average molecular weight is 285 g/mol. The molecule has 0 fully saturated rings. The lowest BCUT2D eigenvalue weighted by molar-refractivity contribution is 0.785. The Balaban J connectivity index is 2.06. The Morgan fingerprint density at radius 3 is 2.83 bits per heavy atom. The third-order valence-corrected chi connectivity index (χ3v) is 3.14. The van der Waals surface area contributed by atoms with E-state index in [1.807, 2.05) is 12.1 Å². The third-order valence-electron chi connectivity index (χ3n) is 2.56. The summed E-state index contributed by atoms with van der Waals surface area (Å²) in [7, 11) is 0. The molecule has 0 unspecified atom stereocenters. The number of nitrogens with one attached hydrogen (secondary N) is 1. The highest BCUT2D eigenvalue weighted by Crippen LogP contribution is 2.22. The van der Waals surface area contributed by atoms with E-state index >= 15 is 0 Å². The molecule has 0 amide bonds. The summed E-state index contributed by atoms with van der Waals surface area (Å²) >= 11 is 12.0. The molecule has 0 saturated heterocycles. The molecule has 6 heteroatoms. The number of hydrogen-bond donors (Lipinski definition) is 2. The predicted octanol–water partition coefficient (Wildman–Crippen LogP) is 2.59. The zero-order valence-corrected chi connectivity index (χ0v) is 11.3. The molecule has 4 nitrogen and oxygen atoms in total. The number of nitrogens with zero attached hydrogens (tertiary/aromatic N) is 2. The summed E-state index contributed by atoms with van der Waals surface area (Å²) in [6.07, 6.45) is 2.30. The van der Waals surface area contributed by atoms with Crippen molar-refractivity contribution in [2.75, 3.05) is 6.54 Å². The summed E-state index contributed by atoms with van der Waals surface area (Å²) in [6, 6.07) is 5.44. The van der Waals surface area contributed by atoms with Crippen LogP contribution >= 0.6 is 23.2 Å². The van der Waals surface area contributed by atoms with Gasteiger partial charge in [-0.2, -0.15) is 5.10 Å². The normalized spacial score (nSPS) is 10.8. The molecule has 1 aromatic carbocycles. The maximum absolute atomic E-state index is 6.11. The van der Waals surface area contributed by atoms with Gasteiger partial charge in [0, 0.05) is 22.9 Å². The fourth-order valence-electron chi connectivity index (χ4n) is 1.63. The number of nitrogens with two attached hydrogens (primary N) is 1. The van der Waals surface area contributed by atoms with Crippen molar-refractivity contribution < 1.29 is 0 Å². The summed E-state index contributed by atoms with van der Waals surface area (Å²) in [5.74, 6) is 1.59. The smallest absolute Gasteiger partial charge is 0.150 e. The molecule has 0 spiro atoms. The predicted molar refractivity (Wildman–Crippen MR) is 73.0 cm³/mol. The minimum atomic E-state index is 0.617. The van der Waals surface area contributed by atoms with Gasteiger partial charge in [-0.25, -0.2) is 4.98 Å². The first-order chi connectivity index (χ1) is 8.69. The van der Waals surface area contributed by atoms with Gasteiger partial charge >= 0.3 is 0 Å². The van der Waals surface area contributed by atoms with E-state index in [2.05, 4.69) is 15.2 Å². The molecule has 2 rings (SSSR count). The number of rotatable bonds is 5. The summed E-state index contributed by atoms with van der Waals surface area (Å²) in [5, 5.41) is 8.32. The lowest BCUT2D eigenvalue weighted by Gasteiger charge is -2.01. The van der Waals surface area contributed by atoms with Crippen LogP contribution in [-0.2, 0) is 12.8 Å². The highest BCUT2D eigenvalue weighted by Gasteiger charge is 2.07. The largest absolute Gasteiger partial charge is 0.330 e. The molecule has 18 heavy (non-hydrogen) atoms. The van der Waals surface area contributed by atoms with Crippen LogP contribution in [0.4, 0.5) is 0 Å². The highest BCUT2D eigenvalue weighted by atomic mass is 35.5. The van der Waals surface area contributed by atoms with E-state index in [0.29, 0.717) is 23.0 Å². The summed E-state index contributed by atoms with van der Waals surface area (Å²) < 4.78 is 0. The van der Waals surface area contributed by atoms with Gasteiger partial charge in [0.15, 0.2) is 5.82 Å². The zero-order chi connectivity index (χ0) is 13.0. The fraction of sp³-hybridized carbons (Fsp3) is 0.333. The first-order valence-corrected chi connectivity index (χ1v) is 6.49. The van der Waals surface area contributed by atoms with Crippen LogP contribution in [0.3, 0.4) is 0 Å². The molecule has 0 aliphatic carbocycles. The number of aromatic amines is 1. The Morgan fingerprint density at radius 1 is 1.28 bits per heavy atom. The molecule has 0 atom stereocenters. The van der Waals surface area contributed by atoms with Gasteiger partial charge in [0.25, 0.3) is 0 Å². The first-order valence-electron chi connectivity index (χ1n) is 5.73. The lowest BCUT2D eigenvalue weighted by atomic mass is 10.1. The van der Waals surface area contributed by atoms with E-state index in [1.165, 1.54) is 0 Å². The Hall–Kier alpha value is -1.10. The minimum Gasteiger partial charge on any atom is -0.330 e. The van der Waals surface area contributed by atoms with Crippen molar-refractivity contribution in [3.63, 3.8) is 0 Å². The van der Waals surface area contributed by atoms with E-state index in [1.54, 1.807) is 6.07 Å². The highest BCUT2D eigenvalue weighted by molar-refractivity contribution is 6.35. The molecular weight excluding hydrogens is 271 g/mol. The SMILES string of the molecule is NCCCc1n[nH]c(Cc2ccc(Cl)cc2Cl)n1. The Labute approximate surface area is 116 Å². The van der Waals surface area contributed by atoms with Crippen LogP contribution in [0.1, 0.15) is 23.6 Å². The van der Waals surface area contributed by atoms with Gasteiger partial charge in [0.1, 0.15) is 5.82 Å². The summed E-state index contributed by atoms with van der Waals surface area (Å²) in [4.78, 5) is 4.39. The number of halogens is 2. The lowest BCUT2D eigenvalue weighted by Crippen LogP contribution is -2.01. The maximum atomic E-state index is 6.11. The Morgan fingerprint density at radius 2 is 2.11 bits per heavy atom. The van der Waals surface area contributed by atoms with Gasteiger partial charge in [0.2, 0.25) is 0 Å². The number of aromatic nitrogens is 3. The molecule has 0 aliphatic rings. The number of H-pyrrole nitrogens is 1. The zero-order valence-electron chi connectivity index (χ0n) is 9.79. The van der Waals surface area contributed by atoms with E-state index in [4.69, 9.17) is 28.9 Å². The van der Waals surface area contributed by atoms with Crippen LogP contribution in [0.5, 0.6) is 0 Å². The maximum Gasteiger partial charge on any atom is 0.150 e. The molecule has 3 N–H and O–H groups in total. The van der Waals surface area contributed by atoms with Crippen molar-refractivity contribution in [1.29, 1.82) is 0 Å². The van der Waals surface area contributed by atoms with E-state index in [9.17, 15) is 0 Å². The molecule has 2 aromatic rings. The quantitative estimate of drug-likeness (QED) is 0.887. The first kappa shape index (κ1) is 13.3. The molecule has 0 aliphatic heterocycles. The van der Waals surface area contributed by atoms with Gasteiger partial charge in [-0.3, -0.25) is 5.10 Å². The van der Waals surface area contributed by atoms with Gasteiger partial charge in [-0.15, -0.1) is 0 Å². The van der Waals surface area contributed by atoms with Crippen molar-refractivity contribution in [2.45, 2.75) is 19.3 Å². The van der Waals surface area contributed by atoms with Crippen LogP contribution in [0.2, 0.25) is 10.0 Å². The molecule has 0 saturated carbocycles. The third kappa shape index (κ3) is 3.45. The van der Waals surface area contributed by atoms with Crippen LogP contribution in [0.15, 0.2) is 18.2 Å².